The number of anilines is 1. The van der Waals surface area contributed by atoms with Crippen LogP contribution in [0.4, 0.5) is 5.82 Å². The van der Waals surface area contributed by atoms with Gasteiger partial charge < -0.3 is 4.90 Å². The molecule has 0 bridgehead atoms. The third kappa shape index (κ3) is 4.64. The van der Waals surface area contributed by atoms with Crippen molar-refractivity contribution in [2.75, 3.05) is 23.7 Å². The number of piperidine rings is 1. The molecule has 0 aliphatic carbocycles. The van der Waals surface area contributed by atoms with Gasteiger partial charge in [-0.05, 0) is 43.5 Å². The molecule has 3 rings (SSSR count). The van der Waals surface area contributed by atoms with Gasteiger partial charge in [0.2, 0.25) is 10.0 Å². The molecule has 2 aromatic rings. The molecule has 0 spiro atoms. The van der Waals surface area contributed by atoms with E-state index in [9.17, 15) is 8.42 Å². The maximum atomic E-state index is 11.9. The molecule has 136 valence electrons. The summed E-state index contributed by atoms with van der Waals surface area (Å²) in [5, 5.41) is 1.61. The average molecular weight is 447 g/mol. The monoisotopic (exact) mass is 445 g/mol. The van der Waals surface area contributed by atoms with Crippen LogP contribution in [0.3, 0.4) is 0 Å². The summed E-state index contributed by atoms with van der Waals surface area (Å²) in [6, 6.07) is 7.85. The number of fused-ring (bicyclic) bond motifs is 1. The topological polar surface area (TPSA) is 62.3 Å². The van der Waals surface area contributed by atoms with E-state index in [4.69, 9.17) is 16.6 Å². The van der Waals surface area contributed by atoms with Crippen molar-refractivity contribution in [2.45, 2.75) is 32.2 Å². The van der Waals surface area contributed by atoms with Crippen LogP contribution in [-0.2, 0) is 10.0 Å². The Morgan fingerprint density at radius 1 is 1.32 bits per heavy atom. The number of aromatic nitrogens is 1. The summed E-state index contributed by atoms with van der Waals surface area (Å²) < 4.78 is 27.6. The molecule has 25 heavy (non-hydrogen) atoms. The standard InChI is InChI=1S/C17H21BrClN3O2S/c1-2-9-25(23,24)21-14-5-7-22(8-6-14)16-4-3-12-10-13(18)11-15(19)17(12)20-16/h3-4,10-11,14,21H,2,5-9H2,1H3. The summed E-state index contributed by atoms with van der Waals surface area (Å²) in [5.74, 6) is 1.07. The number of pyridine rings is 1. The fourth-order valence-corrected chi connectivity index (χ4v) is 5.41. The van der Waals surface area contributed by atoms with Gasteiger partial charge in [0.15, 0.2) is 0 Å². The second-order valence-electron chi connectivity index (χ2n) is 6.33. The normalized spacial score (nSPS) is 16.5. The van der Waals surface area contributed by atoms with E-state index in [0.29, 0.717) is 11.4 Å². The highest BCUT2D eigenvalue weighted by Crippen LogP contribution is 2.29. The molecule has 5 nitrogen and oxygen atoms in total. The Morgan fingerprint density at radius 2 is 2.04 bits per heavy atom. The van der Waals surface area contributed by atoms with Crippen LogP contribution in [0.25, 0.3) is 10.9 Å². The molecule has 1 fully saturated rings. The van der Waals surface area contributed by atoms with E-state index in [1.54, 1.807) is 0 Å². The summed E-state index contributed by atoms with van der Waals surface area (Å²) in [6.07, 6.45) is 2.18. The molecular formula is C17H21BrClN3O2S. The first kappa shape index (κ1) is 18.9. The average Bonchev–Trinajstić information content (AvgIpc) is 2.55. The molecule has 1 N–H and O–H groups in total. The Balaban J connectivity index is 1.70. The van der Waals surface area contributed by atoms with Crippen molar-refractivity contribution >= 4 is 54.3 Å². The van der Waals surface area contributed by atoms with Crippen molar-refractivity contribution in [2.24, 2.45) is 0 Å². The largest absolute Gasteiger partial charge is 0.356 e. The Bertz CT molecular complexity index is 868. The van der Waals surface area contributed by atoms with Crippen LogP contribution in [0, 0.1) is 0 Å². The van der Waals surface area contributed by atoms with Crippen LogP contribution < -0.4 is 9.62 Å². The van der Waals surface area contributed by atoms with Crippen molar-refractivity contribution in [3.05, 3.63) is 33.8 Å². The van der Waals surface area contributed by atoms with Gasteiger partial charge in [0, 0.05) is 29.0 Å². The highest BCUT2D eigenvalue weighted by atomic mass is 79.9. The molecular weight excluding hydrogens is 426 g/mol. The van der Waals surface area contributed by atoms with Gasteiger partial charge in [-0.2, -0.15) is 0 Å². The molecule has 0 radical (unpaired) electrons. The number of nitrogens with zero attached hydrogens (tertiary/aromatic N) is 2. The smallest absolute Gasteiger partial charge is 0.211 e. The van der Waals surface area contributed by atoms with Crippen molar-refractivity contribution in [3.8, 4) is 0 Å². The predicted molar refractivity (Wildman–Crippen MR) is 107 cm³/mol. The minimum atomic E-state index is -3.16. The van der Waals surface area contributed by atoms with Crippen LogP contribution in [0.2, 0.25) is 5.02 Å². The maximum absolute atomic E-state index is 11.9. The first-order valence-electron chi connectivity index (χ1n) is 8.39. The first-order valence-corrected chi connectivity index (χ1v) is 11.2. The molecule has 1 saturated heterocycles. The van der Waals surface area contributed by atoms with Crippen LogP contribution >= 0.6 is 27.5 Å². The molecule has 8 heteroatoms. The Labute approximate surface area is 161 Å². The van der Waals surface area contributed by atoms with Gasteiger partial charge in [-0.3, -0.25) is 0 Å². The molecule has 1 aromatic heterocycles. The van der Waals surface area contributed by atoms with E-state index < -0.39 is 10.0 Å². The predicted octanol–water partition coefficient (Wildman–Crippen LogP) is 3.95. The van der Waals surface area contributed by atoms with Gasteiger partial charge >= 0.3 is 0 Å². The quantitative estimate of drug-likeness (QED) is 0.755. The van der Waals surface area contributed by atoms with Gasteiger partial charge in [-0.15, -0.1) is 0 Å². The number of nitrogens with one attached hydrogen (secondary N) is 1. The van der Waals surface area contributed by atoms with Crippen LogP contribution in [0.15, 0.2) is 28.7 Å². The van der Waals surface area contributed by atoms with E-state index in [0.717, 1.165) is 47.1 Å². The highest BCUT2D eigenvalue weighted by molar-refractivity contribution is 9.10. The van der Waals surface area contributed by atoms with Crippen molar-refractivity contribution in [3.63, 3.8) is 0 Å². The summed E-state index contributed by atoms with van der Waals surface area (Å²) >= 11 is 9.75. The van der Waals surface area contributed by atoms with E-state index in [2.05, 4.69) is 25.6 Å². The second kappa shape index (κ2) is 7.78. The first-order chi connectivity index (χ1) is 11.9. The van der Waals surface area contributed by atoms with Gasteiger partial charge in [-0.25, -0.2) is 18.1 Å². The molecule has 2 heterocycles. The zero-order valence-corrected chi connectivity index (χ0v) is 17.2. The summed E-state index contributed by atoms with van der Waals surface area (Å²) in [6.45, 7) is 3.41. The fourth-order valence-electron chi connectivity index (χ4n) is 3.13. The summed E-state index contributed by atoms with van der Waals surface area (Å²) in [5.41, 5.74) is 0.785. The molecule has 0 unspecified atom stereocenters. The Kier molecular flexibility index (Phi) is 5.88. The number of hydrogen-bond acceptors (Lipinski definition) is 4. The Hall–Kier alpha value is -0.890. The molecule has 1 aliphatic rings. The van der Waals surface area contributed by atoms with Gasteiger partial charge in [0.05, 0.1) is 16.3 Å². The van der Waals surface area contributed by atoms with Crippen LogP contribution in [0.1, 0.15) is 26.2 Å². The van der Waals surface area contributed by atoms with Gasteiger partial charge in [0.1, 0.15) is 5.82 Å². The number of rotatable bonds is 5. The Morgan fingerprint density at radius 3 is 2.72 bits per heavy atom. The number of hydrogen-bond donors (Lipinski definition) is 1. The van der Waals surface area contributed by atoms with E-state index in [1.165, 1.54) is 0 Å². The minimum absolute atomic E-state index is 0.00722. The minimum Gasteiger partial charge on any atom is -0.356 e. The molecule has 0 saturated carbocycles. The zero-order valence-electron chi connectivity index (χ0n) is 14.0. The molecule has 0 atom stereocenters. The fraction of sp³-hybridized carbons (Fsp3) is 0.471. The van der Waals surface area contributed by atoms with Crippen molar-refractivity contribution < 1.29 is 8.42 Å². The SMILES string of the molecule is CCCS(=O)(=O)NC1CCN(c2ccc3cc(Br)cc(Cl)c3n2)CC1. The lowest BCUT2D eigenvalue weighted by Gasteiger charge is -2.33. The van der Waals surface area contributed by atoms with Crippen LogP contribution in [0.5, 0.6) is 0 Å². The molecule has 1 aliphatic heterocycles. The van der Waals surface area contributed by atoms with E-state index >= 15 is 0 Å². The van der Waals surface area contributed by atoms with E-state index in [-0.39, 0.29) is 11.8 Å². The van der Waals surface area contributed by atoms with E-state index in [1.807, 2.05) is 31.2 Å². The maximum Gasteiger partial charge on any atom is 0.211 e. The van der Waals surface area contributed by atoms with Gasteiger partial charge in [-0.1, -0.05) is 34.5 Å². The molecule has 0 amide bonds. The lowest BCUT2D eigenvalue weighted by atomic mass is 10.1. The lowest BCUT2D eigenvalue weighted by molar-refractivity contribution is 0.458. The van der Waals surface area contributed by atoms with Crippen molar-refractivity contribution in [1.29, 1.82) is 0 Å². The summed E-state index contributed by atoms with van der Waals surface area (Å²) in [4.78, 5) is 6.89. The van der Waals surface area contributed by atoms with Gasteiger partial charge in [0.25, 0.3) is 0 Å². The summed E-state index contributed by atoms with van der Waals surface area (Å²) in [7, 11) is -3.16. The number of sulfonamides is 1. The second-order valence-corrected chi connectivity index (χ2v) is 9.52. The zero-order chi connectivity index (χ0) is 18.0. The van der Waals surface area contributed by atoms with Crippen LogP contribution in [-0.4, -0.2) is 38.3 Å². The lowest BCUT2D eigenvalue weighted by Crippen LogP contribution is -2.45. The third-order valence-electron chi connectivity index (χ3n) is 4.33. The number of halogens is 2. The van der Waals surface area contributed by atoms with Crippen molar-refractivity contribution in [1.82, 2.24) is 9.71 Å². The molecule has 1 aromatic carbocycles. The third-order valence-corrected chi connectivity index (χ3v) is 6.72. The number of benzene rings is 1. The highest BCUT2D eigenvalue weighted by Gasteiger charge is 2.24.